The van der Waals surface area contributed by atoms with Crippen molar-refractivity contribution in [3.05, 3.63) is 0 Å². The van der Waals surface area contributed by atoms with Gasteiger partial charge in [-0.3, -0.25) is 9.59 Å². The van der Waals surface area contributed by atoms with Gasteiger partial charge in [-0.05, 0) is 12.8 Å². The van der Waals surface area contributed by atoms with Gasteiger partial charge in [-0.2, -0.15) is 0 Å². The molecule has 2 amide bonds. The molecule has 2 unspecified atom stereocenters. The zero-order valence-electron chi connectivity index (χ0n) is 10.2. The molecule has 18 heavy (non-hydrogen) atoms. The molecule has 2 saturated heterocycles. The summed E-state index contributed by atoms with van der Waals surface area (Å²) in [6.45, 7) is 1.02. The average molecular weight is 256 g/mol. The van der Waals surface area contributed by atoms with Crippen LogP contribution in [0.15, 0.2) is 0 Å². The van der Waals surface area contributed by atoms with E-state index in [0.717, 1.165) is 0 Å². The lowest BCUT2D eigenvalue weighted by atomic mass is 10.1. The first-order valence-electron chi connectivity index (χ1n) is 5.90. The molecule has 7 nitrogen and oxygen atoms in total. The number of carboxylic acids is 1. The molecule has 2 aliphatic rings. The van der Waals surface area contributed by atoms with E-state index in [-0.39, 0.29) is 18.4 Å². The smallest absolute Gasteiger partial charge is 0.332 e. The number of amides is 2. The molecule has 1 N–H and O–H groups in total. The fourth-order valence-electron chi connectivity index (χ4n) is 2.15. The van der Waals surface area contributed by atoms with Crippen LogP contribution in [-0.4, -0.2) is 71.6 Å². The number of hydrogen-bond acceptors (Lipinski definition) is 4. The van der Waals surface area contributed by atoms with Crippen LogP contribution in [0, 0.1) is 0 Å². The Bertz CT molecular complexity index is 384. The van der Waals surface area contributed by atoms with Crippen molar-refractivity contribution in [3.8, 4) is 0 Å². The van der Waals surface area contributed by atoms with Crippen molar-refractivity contribution in [2.75, 3.05) is 26.7 Å². The van der Waals surface area contributed by atoms with Crippen LogP contribution in [0.2, 0.25) is 0 Å². The number of rotatable bonds is 2. The molecule has 0 aromatic rings. The van der Waals surface area contributed by atoms with E-state index < -0.39 is 18.2 Å². The van der Waals surface area contributed by atoms with Gasteiger partial charge in [-0.15, -0.1) is 0 Å². The van der Waals surface area contributed by atoms with Crippen LogP contribution in [0.5, 0.6) is 0 Å². The molecule has 0 aliphatic carbocycles. The average Bonchev–Trinajstić information content (AvgIpc) is 2.81. The molecule has 100 valence electrons. The molecule has 0 aromatic heterocycles. The highest BCUT2D eigenvalue weighted by Gasteiger charge is 2.38. The van der Waals surface area contributed by atoms with Gasteiger partial charge in [0.1, 0.15) is 6.10 Å². The summed E-state index contributed by atoms with van der Waals surface area (Å²) in [5, 5.41) is 8.79. The summed E-state index contributed by atoms with van der Waals surface area (Å²) < 4.78 is 5.18. The lowest BCUT2D eigenvalue weighted by Gasteiger charge is -2.33. The largest absolute Gasteiger partial charge is 0.479 e. The Hall–Kier alpha value is -1.63. The summed E-state index contributed by atoms with van der Waals surface area (Å²) in [5.74, 6) is -1.43. The number of ether oxygens (including phenoxy) is 1. The summed E-state index contributed by atoms with van der Waals surface area (Å²) in [6.07, 6.45) is -0.881. The molecular formula is C11H16N2O5. The molecule has 2 aliphatic heterocycles. The maximum atomic E-state index is 12.1. The normalized spacial score (nSPS) is 28.6. The van der Waals surface area contributed by atoms with Gasteiger partial charge in [0.25, 0.3) is 5.91 Å². The lowest BCUT2D eigenvalue weighted by molar-refractivity contribution is -0.157. The van der Waals surface area contributed by atoms with E-state index >= 15 is 0 Å². The molecule has 0 spiro atoms. The molecule has 0 bridgehead atoms. The van der Waals surface area contributed by atoms with E-state index in [9.17, 15) is 14.4 Å². The Morgan fingerprint density at radius 1 is 1.28 bits per heavy atom. The number of carboxylic acid groups (broad SMARTS) is 1. The van der Waals surface area contributed by atoms with Crippen molar-refractivity contribution >= 4 is 17.8 Å². The standard InChI is InChI=1S/C11H16N2O5/c1-12-4-5-13(6-9(12)14)10(15)7-2-3-8(18-7)11(16)17/h7-8H,2-6H2,1H3,(H,16,17). The van der Waals surface area contributed by atoms with Gasteiger partial charge in [0.2, 0.25) is 5.91 Å². The summed E-state index contributed by atoms with van der Waals surface area (Å²) >= 11 is 0. The molecule has 2 fully saturated rings. The van der Waals surface area contributed by atoms with Crippen molar-refractivity contribution in [2.45, 2.75) is 25.0 Å². The van der Waals surface area contributed by atoms with Crippen LogP contribution in [0.4, 0.5) is 0 Å². The molecule has 2 rings (SSSR count). The van der Waals surface area contributed by atoms with E-state index in [1.165, 1.54) is 4.90 Å². The van der Waals surface area contributed by atoms with Crippen LogP contribution < -0.4 is 0 Å². The third-order valence-corrected chi connectivity index (χ3v) is 3.34. The Morgan fingerprint density at radius 2 is 1.94 bits per heavy atom. The Labute approximate surface area is 104 Å². The third kappa shape index (κ3) is 2.45. The second-order valence-electron chi connectivity index (χ2n) is 4.60. The summed E-state index contributed by atoms with van der Waals surface area (Å²) in [7, 11) is 1.69. The predicted molar refractivity (Wildman–Crippen MR) is 59.7 cm³/mol. The minimum atomic E-state index is -1.04. The summed E-state index contributed by atoms with van der Waals surface area (Å²) in [5.41, 5.74) is 0. The third-order valence-electron chi connectivity index (χ3n) is 3.34. The zero-order valence-corrected chi connectivity index (χ0v) is 10.2. The zero-order chi connectivity index (χ0) is 13.3. The van der Waals surface area contributed by atoms with E-state index in [1.54, 1.807) is 11.9 Å². The minimum Gasteiger partial charge on any atom is -0.479 e. The quantitative estimate of drug-likeness (QED) is 0.679. The van der Waals surface area contributed by atoms with E-state index in [2.05, 4.69) is 0 Å². The van der Waals surface area contributed by atoms with Crippen molar-refractivity contribution in [3.63, 3.8) is 0 Å². The first-order valence-corrected chi connectivity index (χ1v) is 5.90. The molecule has 7 heteroatoms. The number of carbonyl (C=O) groups is 3. The molecule has 0 radical (unpaired) electrons. The lowest BCUT2D eigenvalue weighted by Crippen LogP contribution is -2.53. The number of hydrogen-bond donors (Lipinski definition) is 1. The van der Waals surface area contributed by atoms with E-state index in [1.807, 2.05) is 0 Å². The molecule has 0 saturated carbocycles. The predicted octanol–water partition coefficient (Wildman–Crippen LogP) is -1.08. The molecule has 2 atom stereocenters. The molecule has 0 aromatic carbocycles. The van der Waals surface area contributed by atoms with Gasteiger partial charge in [-0.1, -0.05) is 0 Å². The van der Waals surface area contributed by atoms with Crippen LogP contribution >= 0.6 is 0 Å². The number of carbonyl (C=O) groups excluding carboxylic acids is 2. The Kier molecular flexibility index (Phi) is 3.51. The van der Waals surface area contributed by atoms with Gasteiger partial charge in [0.05, 0.1) is 6.54 Å². The second kappa shape index (κ2) is 4.93. The first kappa shape index (κ1) is 12.8. The first-order chi connectivity index (χ1) is 8.49. The van der Waals surface area contributed by atoms with Crippen LogP contribution in [0.3, 0.4) is 0 Å². The Morgan fingerprint density at radius 3 is 2.50 bits per heavy atom. The highest BCUT2D eigenvalue weighted by molar-refractivity contribution is 5.88. The van der Waals surface area contributed by atoms with E-state index in [0.29, 0.717) is 25.9 Å². The number of aliphatic carboxylic acids is 1. The maximum Gasteiger partial charge on any atom is 0.332 e. The SMILES string of the molecule is CN1CCN(C(=O)C2CCC(C(=O)O)O2)CC1=O. The minimum absolute atomic E-state index is 0.0485. The highest BCUT2D eigenvalue weighted by Crippen LogP contribution is 2.22. The van der Waals surface area contributed by atoms with Gasteiger partial charge >= 0.3 is 5.97 Å². The van der Waals surface area contributed by atoms with Crippen molar-refractivity contribution in [1.29, 1.82) is 0 Å². The van der Waals surface area contributed by atoms with Gasteiger partial charge in [0.15, 0.2) is 6.10 Å². The van der Waals surface area contributed by atoms with Gasteiger partial charge < -0.3 is 19.6 Å². The van der Waals surface area contributed by atoms with E-state index in [4.69, 9.17) is 9.84 Å². The fraction of sp³-hybridized carbons (Fsp3) is 0.727. The van der Waals surface area contributed by atoms with Crippen molar-refractivity contribution in [1.82, 2.24) is 9.80 Å². The fourth-order valence-corrected chi connectivity index (χ4v) is 2.15. The molecular weight excluding hydrogens is 240 g/mol. The molecule has 2 heterocycles. The van der Waals surface area contributed by atoms with Gasteiger partial charge in [-0.25, -0.2) is 4.79 Å². The van der Waals surface area contributed by atoms with Gasteiger partial charge in [0, 0.05) is 20.1 Å². The number of piperazine rings is 1. The maximum absolute atomic E-state index is 12.1. The topological polar surface area (TPSA) is 87.2 Å². The van der Waals surface area contributed by atoms with Crippen LogP contribution in [0.25, 0.3) is 0 Å². The van der Waals surface area contributed by atoms with Crippen molar-refractivity contribution in [2.24, 2.45) is 0 Å². The second-order valence-corrected chi connectivity index (χ2v) is 4.60. The summed E-state index contributed by atoms with van der Waals surface area (Å²) in [4.78, 5) is 37.3. The number of likely N-dealkylation sites (N-methyl/N-ethyl adjacent to an activating group) is 1. The monoisotopic (exact) mass is 256 g/mol. The van der Waals surface area contributed by atoms with Crippen LogP contribution in [-0.2, 0) is 19.1 Å². The highest BCUT2D eigenvalue weighted by atomic mass is 16.5. The summed E-state index contributed by atoms with van der Waals surface area (Å²) in [6, 6.07) is 0. The number of nitrogens with zero attached hydrogens (tertiary/aromatic N) is 2. The van der Waals surface area contributed by atoms with Crippen LogP contribution in [0.1, 0.15) is 12.8 Å². The Balaban J connectivity index is 1.92. The van der Waals surface area contributed by atoms with Crippen molar-refractivity contribution < 1.29 is 24.2 Å².